The number of hydrogen-bond donors (Lipinski definition) is 1. The van der Waals surface area contributed by atoms with Gasteiger partial charge >= 0.3 is 0 Å². The Hall–Kier alpha value is -0.480. The predicted octanol–water partition coefficient (Wildman–Crippen LogP) is 1.77. The Morgan fingerprint density at radius 3 is 2.85 bits per heavy atom. The summed E-state index contributed by atoms with van der Waals surface area (Å²) in [6.45, 7) is 7.18. The zero-order chi connectivity index (χ0) is 9.90. The zero-order valence-electron chi connectivity index (χ0n) is 8.32. The summed E-state index contributed by atoms with van der Waals surface area (Å²) in [6.07, 6.45) is 3.75. The minimum Gasteiger partial charge on any atom is -0.395 e. The molecule has 1 aromatic heterocycles. The third-order valence-corrected chi connectivity index (χ3v) is 2.97. The van der Waals surface area contributed by atoms with Gasteiger partial charge in [-0.2, -0.15) is 0 Å². The van der Waals surface area contributed by atoms with E-state index >= 15 is 0 Å². The molecule has 0 aliphatic carbocycles. The second kappa shape index (κ2) is 4.15. The topological polar surface area (TPSA) is 38.0 Å². The predicted molar refractivity (Wildman–Crippen MR) is 54.9 cm³/mol. The van der Waals surface area contributed by atoms with Crippen LogP contribution in [0.2, 0.25) is 0 Å². The fraction of sp³-hybridized carbons (Fsp3) is 0.667. The molecule has 0 atom stereocenters. The maximum absolute atomic E-state index is 9.10. The van der Waals surface area contributed by atoms with Crippen molar-refractivity contribution in [2.24, 2.45) is 0 Å². The van der Waals surface area contributed by atoms with Crippen molar-refractivity contribution >= 4 is 11.8 Å². The van der Waals surface area contributed by atoms with Gasteiger partial charge in [-0.05, 0) is 20.8 Å². The van der Waals surface area contributed by atoms with E-state index in [4.69, 9.17) is 5.11 Å². The highest BCUT2D eigenvalue weighted by atomic mass is 32.2. The van der Waals surface area contributed by atoms with E-state index in [0.717, 1.165) is 11.7 Å². The van der Waals surface area contributed by atoms with Gasteiger partial charge < -0.3 is 9.67 Å². The molecule has 0 aromatic carbocycles. The summed E-state index contributed by atoms with van der Waals surface area (Å²) in [5.74, 6) is 0. The molecule has 0 saturated heterocycles. The molecule has 0 fully saturated rings. The van der Waals surface area contributed by atoms with Crippen LogP contribution in [-0.2, 0) is 6.54 Å². The van der Waals surface area contributed by atoms with Gasteiger partial charge in [0, 0.05) is 23.7 Å². The van der Waals surface area contributed by atoms with Crippen molar-refractivity contribution < 1.29 is 5.11 Å². The first-order chi connectivity index (χ1) is 6.09. The third-order valence-electron chi connectivity index (χ3n) is 1.77. The lowest BCUT2D eigenvalue weighted by atomic mass is 10.2. The van der Waals surface area contributed by atoms with E-state index in [1.165, 1.54) is 0 Å². The minimum absolute atomic E-state index is 0.154. The molecule has 0 spiro atoms. The summed E-state index contributed by atoms with van der Waals surface area (Å²) in [7, 11) is 0. The number of aromatic nitrogens is 2. The van der Waals surface area contributed by atoms with E-state index in [0.29, 0.717) is 0 Å². The van der Waals surface area contributed by atoms with Gasteiger partial charge in [0.1, 0.15) is 0 Å². The van der Waals surface area contributed by atoms with Crippen LogP contribution in [0.15, 0.2) is 17.6 Å². The normalized spacial score (nSPS) is 12.0. The molecule has 13 heavy (non-hydrogen) atoms. The van der Waals surface area contributed by atoms with Crippen molar-refractivity contribution in [3.05, 3.63) is 12.4 Å². The van der Waals surface area contributed by atoms with Crippen LogP contribution in [-0.4, -0.2) is 26.0 Å². The Balaban J connectivity index is 2.73. The molecule has 1 N–H and O–H groups in total. The number of aliphatic hydroxyl groups excluding tert-OH is 1. The Morgan fingerprint density at radius 2 is 2.31 bits per heavy atom. The summed E-state index contributed by atoms with van der Waals surface area (Å²) in [5.41, 5.74) is 0. The highest BCUT2D eigenvalue weighted by Crippen LogP contribution is 2.30. The maximum Gasteiger partial charge on any atom is 0.168 e. The van der Waals surface area contributed by atoms with Crippen molar-refractivity contribution in [2.45, 2.75) is 37.2 Å². The summed E-state index contributed by atoms with van der Waals surface area (Å²) in [4.78, 5) is 4.23. The molecule has 0 bridgehead atoms. The van der Waals surface area contributed by atoms with Gasteiger partial charge in [-0.15, -0.1) is 0 Å². The molecular formula is C9H16N2OS. The van der Waals surface area contributed by atoms with Crippen molar-refractivity contribution in [1.29, 1.82) is 0 Å². The molecule has 1 rings (SSSR count). The molecule has 4 heteroatoms. The Kier molecular flexibility index (Phi) is 3.39. The van der Waals surface area contributed by atoms with Crippen LogP contribution in [0.4, 0.5) is 0 Å². The number of thioether (sulfide) groups is 1. The lowest BCUT2D eigenvalue weighted by molar-refractivity contribution is 0.264. The molecule has 1 aromatic rings. The average molecular weight is 200 g/mol. The second-order valence-electron chi connectivity index (χ2n) is 3.52. The lowest BCUT2D eigenvalue weighted by Crippen LogP contribution is -2.20. The first-order valence-corrected chi connectivity index (χ1v) is 5.21. The van der Waals surface area contributed by atoms with Crippen molar-refractivity contribution in [3.63, 3.8) is 0 Å². The van der Waals surface area contributed by atoms with Crippen molar-refractivity contribution in [2.75, 3.05) is 6.61 Å². The first kappa shape index (κ1) is 10.6. The van der Waals surface area contributed by atoms with Crippen molar-refractivity contribution in [3.8, 4) is 0 Å². The standard InChI is InChI=1S/C9H16N2OS/c1-4-11-6-5-10-8(11)13-9(2,3)7-12/h5-6,12H,4,7H2,1-3H3. The molecule has 0 radical (unpaired) electrons. The molecule has 0 aliphatic heterocycles. The van der Waals surface area contributed by atoms with Crippen LogP contribution < -0.4 is 0 Å². The van der Waals surface area contributed by atoms with E-state index in [9.17, 15) is 0 Å². The summed E-state index contributed by atoms with van der Waals surface area (Å²) >= 11 is 1.61. The minimum atomic E-state index is -0.154. The summed E-state index contributed by atoms with van der Waals surface area (Å²) in [6, 6.07) is 0. The van der Waals surface area contributed by atoms with Crippen LogP contribution in [0.25, 0.3) is 0 Å². The van der Waals surface area contributed by atoms with E-state index < -0.39 is 0 Å². The van der Waals surface area contributed by atoms with Crippen LogP contribution in [0.3, 0.4) is 0 Å². The zero-order valence-corrected chi connectivity index (χ0v) is 9.14. The highest BCUT2D eigenvalue weighted by molar-refractivity contribution is 8.00. The van der Waals surface area contributed by atoms with Gasteiger partial charge in [-0.1, -0.05) is 11.8 Å². The molecule has 0 unspecified atom stereocenters. The molecular weight excluding hydrogens is 184 g/mol. The molecule has 3 nitrogen and oxygen atoms in total. The maximum atomic E-state index is 9.10. The average Bonchev–Trinajstić information content (AvgIpc) is 2.51. The van der Waals surface area contributed by atoms with Crippen LogP contribution >= 0.6 is 11.8 Å². The molecule has 74 valence electrons. The second-order valence-corrected chi connectivity index (χ2v) is 5.19. The molecule has 0 amide bonds. The van der Waals surface area contributed by atoms with Crippen LogP contribution in [0.1, 0.15) is 20.8 Å². The van der Waals surface area contributed by atoms with Crippen LogP contribution in [0.5, 0.6) is 0 Å². The van der Waals surface area contributed by atoms with Gasteiger partial charge in [0.2, 0.25) is 0 Å². The van der Waals surface area contributed by atoms with Crippen LogP contribution in [0, 0.1) is 0 Å². The number of aryl methyl sites for hydroxylation is 1. The summed E-state index contributed by atoms with van der Waals surface area (Å²) in [5, 5.41) is 10.1. The van der Waals surface area contributed by atoms with Gasteiger partial charge in [0.05, 0.1) is 6.61 Å². The Bertz CT molecular complexity index is 270. The van der Waals surface area contributed by atoms with Crippen molar-refractivity contribution in [1.82, 2.24) is 9.55 Å². The number of hydrogen-bond acceptors (Lipinski definition) is 3. The number of imidazole rings is 1. The van der Waals surface area contributed by atoms with E-state index in [1.807, 2.05) is 20.0 Å². The summed E-state index contributed by atoms with van der Waals surface area (Å²) < 4.78 is 1.92. The fourth-order valence-electron chi connectivity index (χ4n) is 0.921. The Labute approximate surface area is 83.2 Å². The quantitative estimate of drug-likeness (QED) is 0.753. The number of nitrogens with zero attached hydrogens (tertiary/aromatic N) is 2. The van der Waals surface area contributed by atoms with E-state index in [-0.39, 0.29) is 11.4 Å². The van der Waals surface area contributed by atoms with Gasteiger partial charge in [0.25, 0.3) is 0 Å². The smallest absolute Gasteiger partial charge is 0.168 e. The SMILES string of the molecule is CCn1ccnc1SC(C)(C)CO. The molecule has 0 saturated carbocycles. The third kappa shape index (κ3) is 2.74. The first-order valence-electron chi connectivity index (χ1n) is 4.40. The monoisotopic (exact) mass is 200 g/mol. The van der Waals surface area contributed by atoms with E-state index in [1.54, 1.807) is 18.0 Å². The van der Waals surface area contributed by atoms with E-state index in [2.05, 4.69) is 16.5 Å². The Morgan fingerprint density at radius 1 is 1.62 bits per heavy atom. The largest absolute Gasteiger partial charge is 0.395 e. The molecule has 0 aliphatic rings. The number of aliphatic hydroxyl groups is 1. The fourth-order valence-corrected chi connectivity index (χ4v) is 1.90. The lowest BCUT2D eigenvalue weighted by Gasteiger charge is -2.20. The molecule has 1 heterocycles. The number of rotatable bonds is 4. The van der Waals surface area contributed by atoms with Gasteiger partial charge in [-0.25, -0.2) is 4.98 Å². The van der Waals surface area contributed by atoms with Gasteiger partial charge in [0.15, 0.2) is 5.16 Å². The highest BCUT2D eigenvalue weighted by Gasteiger charge is 2.20. The van der Waals surface area contributed by atoms with Gasteiger partial charge in [-0.3, -0.25) is 0 Å².